The molecule has 2 heterocycles. The Morgan fingerprint density at radius 2 is 1.82 bits per heavy atom. The summed E-state index contributed by atoms with van der Waals surface area (Å²) in [6, 6.07) is 14.0. The molecule has 0 radical (unpaired) electrons. The van der Waals surface area contributed by atoms with Gasteiger partial charge in [-0.15, -0.1) is 0 Å². The predicted octanol–water partition coefficient (Wildman–Crippen LogP) is 5.13. The maximum atomic E-state index is 14.1. The lowest BCUT2D eigenvalue weighted by atomic mass is 9.90. The smallest absolute Gasteiger partial charge is 0.275 e. The van der Waals surface area contributed by atoms with Gasteiger partial charge < -0.3 is 14.6 Å². The molecule has 6 heteroatoms. The number of carbonyl (C=O) groups excluding carboxylic acids is 2. The number of nitrogens with one attached hydrogen (secondary N) is 1. The number of aryl methyl sites for hydroxylation is 2. The van der Waals surface area contributed by atoms with E-state index in [4.69, 9.17) is 4.74 Å². The Morgan fingerprint density at radius 3 is 2.56 bits per heavy atom. The van der Waals surface area contributed by atoms with Crippen LogP contribution in [0, 0.1) is 13.8 Å². The Balaban J connectivity index is 1.65. The fraction of sp³-hybridized carbons (Fsp3) is 0.429. The van der Waals surface area contributed by atoms with Gasteiger partial charge in [0, 0.05) is 23.2 Å². The number of methoxy groups -OCH3 is 1. The lowest BCUT2D eigenvalue weighted by Gasteiger charge is -2.45. The van der Waals surface area contributed by atoms with Gasteiger partial charge in [-0.05, 0) is 69.0 Å². The minimum atomic E-state index is -1.07. The molecule has 6 nitrogen and oxygen atoms in total. The van der Waals surface area contributed by atoms with Crippen LogP contribution in [0.4, 0.5) is 5.69 Å². The van der Waals surface area contributed by atoms with Crippen LogP contribution in [0.1, 0.15) is 60.6 Å². The van der Waals surface area contributed by atoms with Gasteiger partial charge in [-0.3, -0.25) is 14.5 Å². The molecule has 34 heavy (non-hydrogen) atoms. The normalized spacial score (nSPS) is 20.9. The van der Waals surface area contributed by atoms with E-state index < -0.39 is 5.54 Å². The number of ether oxygens (including phenoxy) is 1. The van der Waals surface area contributed by atoms with Crippen LogP contribution in [-0.4, -0.2) is 35.1 Å². The monoisotopic (exact) mass is 459 g/mol. The Morgan fingerprint density at radius 1 is 1.06 bits per heavy atom. The molecule has 0 bridgehead atoms. The topological polar surface area (TPSA) is 63.6 Å². The van der Waals surface area contributed by atoms with E-state index in [2.05, 4.69) is 5.32 Å². The number of hydrogen-bond acceptors (Lipinski definition) is 3. The first-order valence-electron chi connectivity index (χ1n) is 12.2. The molecule has 5 rings (SSSR count). The van der Waals surface area contributed by atoms with Gasteiger partial charge in [0.2, 0.25) is 5.91 Å². The third-order valence-corrected chi connectivity index (χ3v) is 7.53. The molecule has 1 atom stereocenters. The molecule has 1 saturated carbocycles. The minimum absolute atomic E-state index is 0.0935. The van der Waals surface area contributed by atoms with Crippen molar-refractivity contribution < 1.29 is 14.3 Å². The molecule has 1 aliphatic carbocycles. The highest BCUT2D eigenvalue weighted by Crippen LogP contribution is 2.38. The van der Waals surface area contributed by atoms with Crippen LogP contribution < -0.4 is 15.0 Å². The van der Waals surface area contributed by atoms with Gasteiger partial charge in [0.25, 0.3) is 5.91 Å². The molecular weight excluding hydrogens is 426 g/mol. The van der Waals surface area contributed by atoms with Gasteiger partial charge in [0.15, 0.2) is 0 Å². The second kappa shape index (κ2) is 8.49. The first-order chi connectivity index (χ1) is 16.3. The van der Waals surface area contributed by atoms with Crippen LogP contribution >= 0.6 is 0 Å². The number of fused-ring (bicyclic) bond motifs is 3. The van der Waals surface area contributed by atoms with E-state index in [1.54, 1.807) is 12.0 Å². The van der Waals surface area contributed by atoms with Gasteiger partial charge in [0.1, 0.15) is 17.0 Å². The maximum absolute atomic E-state index is 14.1. The summed E-state index contributed by atoms with van der Waals surface area (Å²) in [5.41, 5.74) is 3.24. The number of carbonyl (C=O) groups is 2. The molecule has 1 N–H and O–H groups in total. The molecule has 0 saturated heterocycles. The van der Waals surface area contributed by atoms with Gasteiger partial charge in [-0.1, -0.05) is 31.4 Å². The van der Waals surface area contributed by atoms with Crippen LogP contribution in [0.2, 0.25) is 0 Å². The van der Waals surface area contributed by atoms with Gasteiger partial charge in [-0.2, -0.15) is 0 Å². The van der Waals surface area contributed by atoms with Crippen molar-refractivity contribution in [3.05, 3.63) is 59.3 Å². The predicted molar refractivity (Wildman–Crippen MR) is 135 cm³/mol. The number of hydrogen-bond donors (Lipinski definition) is 1. The van der Waals surface area contributed by atoms with Crippen molar-refractivity contribution in [2.24, 2.45) is 0 Å². The van der Waals surface area contributed by atoms with Crippen molar-refractivity contribution in [3.63, 3.8) is 0 Å². The number of nitrogens with zero attached hydrogens (tertiary/aromatic N) is 2. The van der Waals surface area contributed by atoms with E-state index in [0.29, 0.717) is 12.2 Å². The van der Waals surface area contributed by atoms with Crippen LogP contribution in [0.3, 0.4) is 0 Å². The Hall–Kier alpha value is -3.28. The Kier molecular flexibility index (Phi) is 5.62. The van der Waals surface area contributed by atoms with Crippen LogP contribution in [0.5, 0.6) is 5.75 Å². The highest BCUT2D eigenvalue weighted by molar-refractivity contribution is 6.14. The number of anilines is 1. The van der Waals surface area contributed by atoms with E-state index in [1.807, 2.05) is 67.8 Å². The first-order valence-corrected chi connectivity index (χ1v) is 12.2. The number of amides is 2. The third-order valence-electron chi connectivity index (χ3n) is 7.53. The highest BCUT2D eigenvalue weighted by atomic mass is 16.5. The average molecular weight is 460 g/mol. The molecule has 1 aliphatic heterocycles. The molecule has 1 fully saturated rings. The second-order valence-electron chi connectivity index (χ2n) is 10.1. The number of aromatic nitrogens is 1. The van der Waals surface area contributed by atoms with Crippen molar-refractivity contribution in [1.29, 1.82) is 0 Å². The summed E-state index contributed by atoms with van der Waals surface area (Å²) in [5.74, 6) is 0.478. The lowest BCUT2D eigenvalue weighted by Crippen LogP contribution is -2.65. The van der Waals surface area contributed by atoms with Crippen LogP contribution in [-0.2, 0) is 11.3 Å². The Labute approximate surface area is 200 Å². The molecule has 2 aliphatic rings. The molecule has 2 amide bonds. The number of rotatable bonds is 4. The van der Waals surface area contributed by atoms with Crippen molar-refractivity contribution in [2.75, 3.05) is 12.0 Å². The van der Waals surface area contributed by atoms with Crippen molar-refractivity contribution in [3.8, 4) is 5.75 Å². The fourth-order valence-electron chi connectivity index (χ4n) is 5.52. The third kappa shape index (κ3) is 3.65. The minimum Gasteiger partial charge on any atom is -0.497 e. The summed E-state index contributed by atoms with van der Waals surface area (Å²) in [6.45, 7) is 6.28. The Bertz CT molecular complexity index is 1270. The van der Waals surface area contributed by atoms with Crippen molar-refractivity contribution in [1.82, 2.24) is 9.88 Å². The molecular formula is C28H33N3O3. The molecule has 2 aromatic carbocycles. The first kappa shape index (κ1) is 22.5. The SMILES string of the molecule is COc1ccc2cc3n(c2c1)CC(C)(C(=O)NC1CCCCC1)N(c1cc(C)ccc1C)C3=O. The van der Waals surface area contributed by atoms with Crippen molar-refractivity contribution >= 4 is 28.4 Å². The summed E-state index contributed by atoms with van der Waals surface area (Å²) in [4.78, 5) is 29.8. The molecule has 1 unspecified atom stereocenters. The van der Waals surface area contributed by atoms with Crippen LogP contribution in [0.25, 0.3) is 10.9 Å². The van der Waals surface area contributed by atoms with Gasteiger partial charge in [-0.25, -0.2) is 0 Å². The lowest BCUT2D eigenvalue weighted by molar-refractivity contribution is -0.127. The van der Waals surface area contributed by atoms with Gasteiger partial charge in [0.05, 0.1) is 19.2 Å². The molecule has 178 valence electrons. The number of benzene rings is 2. The summed E-state index contributed by atoms with van der Waals surface area (Å²) >= 11 is 0. The van der Waals surface area contributed by atoms with Crippen molar-refractivity contribution in [2.45, 2.75) is 71.0 Å². The van der Waals surface area contributed by atoms with E-state index in [-0.39, 0.29) is 17.9 Å². The van der Waals surface area contributed by atoms with Gasteiger partial charge >= 0.3 is 0 Å². The summed E-state index contributed by atoms with van der Waals surface area (Å²) in [7, 11) is 1.64. The highest BCUT2D eigenvalue weighted by Gasteiger charge is 2.49. The zero-order chi connectivity index (χ0) is 24.0. The molecule has 3 aromatic rings. The zero-order valence-electron chi connectivity index (χ0n) is 20.5. The van der Waals surface area contributed by atoms with E-state index in [9.17, 15) is 9.59 Å². The largest absolute Gasteiger partial charge is 0.497 e. The second-order valence-corrected chi connectivity index (χ2v) is 10.1. The van der Waals surface area contributed by atoms with E-state index in [1.165, 1.54) is 6.42 Å². The van der Waals surface area contributed by atoms with E-state index in [0.717, 1.165) is 59.2 Å². The van der Waals surface area contributed by atoms with E-state index >= 15 is 0 Å². The molecule has 1 aromatic heterocycles. The molecule has 0 spiro atoms. The van der Waals surface area contributed by atoms with Crippen LogP contribution in [0.15, 0.2) is 42.5 Å². The fourth-order valence-corrected chi connectivity index (χ4v) is 5.52. The maximum Gasteiger partial charge on any atom is 0.275 e. The quantitative estimate of drug-likeness (QED) is 0.588. The summed E-state index contributed by atoms with van der Waals surface area (Å²) in [5, 5.41) is 4.27. The summed E-state index contributed by atoms with van der Waals surface area (Å²) < 4.78 is 7.43. The summed E-state index contributed by atoms with van der Waals surface area (Å²) in [6.07, 6.45) is 5.47. The zero-order valence-corrected chi connectivity index (χ0v) is 20.5. The average Bonchev–Trinajstić information content (AvgIpc) is 3.19. The standard InChI is InChI=1S/C28H33N3O3/c1-18-10-11-19(2)23(14-18)31-26(32)25-15-20-12-13-22(34-4)16-24(20)30(25)17-28(31,3)27(33)29-21-8-6-5-7-9-21/h10-16,21H,5-9,17H2,1-4H3,(H,29,33).